The van der Waals surface area contributed by atoms with Crippen LogP contribution in [0.15, 0.2) is 42.5 Å². The molecule has 0 aliphatic rings. The maximum atomic E-state index is 12.0. The first-order valence-corrected chi connectivity index (χ1v) is 6.24. The molecule has 0 saturated carbocycles. The molecule has 0 heterocycles. The lowest BCUT2D eigenvalue weighted by atomic mass is 10.2. The zero-order valence-electron chi connectivity index (χ0n) is 9.97. The zero-order valence-corrected chi connectivity index (χ0v) is 11.5. The minimum atomic E-state index is -0.540. The molecule has 7 heteroatoms. The van der Waals surface area contributed by atoms with Crippen molar-refractivity contribution in [3.8, 4) is 0 Å². The van der Waals surface area contributed by atoms with Gasteiger partial charge in [-0.15, -0.1) is 0 Å². The monoisotopic (exact) mass is 310 g/mol. The van der Waals surface area contributed by atoms with Crippen LogP contribution in [-0.2, 0) is 0 Å². The lowest BCUT2D eigenvalue weighted by Gasteiger charge is -2.07. The Bertz CT molecular complexity index is 689. The van der Waals surface area contributed by atoms with E-state index in [1.165, 1.54) is 24.3 Å². The maximum Gasteiger partial charge on any atom is 0.271 e. The van der Waals surface area contributed by atoms with E-state index in [2.05, 4.69) is 5.32 Å². The molecule has 20 heavy (non-hydrogen) atoms. The molecule has 5 nitrogen and oxygen atoms in total. The van der Waals surface area contributed by atoms with Crippen molar-refractivity contribution in [2.75, 3.05) is 5.32 Å². The van der Waals surface area contributed by atoms with Crippen molar-refractivity contribution in [2.24, 2.45) is 0 Å². The summed E-state index contributed by atoms with van der Waals surface area (Å²) in [5, 5.41) is 13.6. The van der Waals surface area contributed by atoms with E-state index < -0.39 is 10.8 Å². The van der Waals surface area contributed by atoms with Gasteiger partial charge >= 0.3 is 0 Å². The van der Waals surface area contributed by atoms with Gasteiger partial charge in [-0.05, 0) is 18.2 Å². The minimum Gasteiger partial charge on any atom is -0.322 e. The van der Waals surface area contributed by atoms with Gasteiger partial charge in [-0.2, -0.15) is 0 Å². The van der Waals surface area contributed by atoms with Gasteiger partial charge in [0.05, 0.1) is 20.5 Å². The van der Waals surface area contributed by atoms with Crippen molar-refractivity contribution in [1.29, 1.82) is 0 Å². The van der Waals surface area contributed by atoms with Crippen LogP contribution in [0.25, 0.3) is 0 Å². The third-order valence-corrected chi connectivity index (χ3v) is 3.33. The fourth-order valence-electron chi connectivity index (χ4n) is 1.57. The fourth-order valence-corrected chi connectivity index (χ4v) is 1.96. The zero-order chi connectivity index (χ0) is 14.7. The Morgan fingerprint density at radius 2 is 1.85 bits per heavy atom. The molecule has 0 aliphatic carbocycles. The number of anilines is 1. The summed E-state index contributed by atoms with van der Waals surface area (Å²) in [6.07, 6.45) is 0. The van der Waals surface area contributed by atoms with Crippen LogP contribution in [0.2, 0.25) is 10.0 Å². The maximum absolute atomic E-state index is 12.0. The van der Waals surface area contributed by atoms with Gasteiger partial charge in [0.15, 0.2) is 0 Å². The van der Waals surface area contributed by atoms with Crippen LogP contribution in [0.3, 0.4) is 0 Å². The second-order valence-electron chi connectivity index (χ2n) is 3.86. The summed E-state index contributed by atoms with van der Waals surface area (Å²) in [6.45, 7) is 0. The molecule has 0 aromatic heterocycles. The van der Waals surface area contributed by atoms with Gasteiger partial charge in [0.25, 0.3) is 11.6 Å². The quantitative estimate of drug-likeness (QED) is 0.683. The highest BCUT2D eigenvalue weighted by Gasteiger charge is 2.14. The molecule has 2 aromatic carbocycles. The van der Waals surface area contributed by atoms with Crippen molar-refractivity contribution in [3.05, 3.63) is 68.2 Å². The van der Waals surface area contributed by atoms with Crippen LogP contribution in [0, 0.1) is 10.1 Å². The van der Waals surface area contributed by atoms with Crippen molar-refractivity contribution >= 4 is 40.5 Å². The fraction of sp³-hybridized carbons (Fsp3) is 0. The Hall–Kier alpha value is -2.11. The van der Waals surface area contributed by atoms with Crippen LogP contribution in [0.1, 0.15) is 10.4 Å². The normalized spacial score (nSPS) is 10.1. The van der Waals surface area contributed by atoms with E-state index >= 15 is 0 Å². The molecule has 0 bridgehead atoms. The Balaban J connectivity index is 2.26. The molecule has 0 aliphatic heterocycles. The van der Waals surface area contributed by atoms with E-state index in [0.29, 0.717) is 5.69 Å². The third-order valence-electron chi connectivity index (χ3n) is 2.51. The SMILES string of the molecule is O=C(Nc1cccc([N+](=O)[O-])c1)c1cccc(Cl)c1Cl. The van der Waals surface area contributed by atoms with E-state index in [4.69, 9.17) is 23.2 Å². The van der Waals surface area contributed by atoms with Gasteiger partial charge in [0.1, 0.15) is 0 Å². The summed E-state index contributed by atoms with van der Waals surface area (Å²) >= 11 is 11.8. The van der Waals surface area contributed by atoms with Gasteiger partial charge in [0, 0.05) is 17.8 Å². The molecule has 0 unspecified atom stereocenters. The van der Waals surface area contributed by atoms with E-state index in [0.717, 1.165) is 0 Å². The van der Waals surface area contributed by atoms with Crippen molar-refractivity contribution in [2.45, 2.75) is 0 Å². The van der Waals surface area contributed by atoms with Crippen LogP contribution in [0.4, 0.5) is 11.4 Å². The Kier molecular flexibility index (Phi) is 4.22. The van der Waals surface area contributed by atoms with Gasteiger partial charge in [0.2, 0.25) is 0 Å². The molecule has 1 amide bonds. The number of non-ortho nitro benzene ring substituents is 1. The van der Waals surface area contributed by atoms with Crippen molar-refractivity contribution in [3.63, 3.8) is 0 Å². The molecule has 0 saturated heterocycles. The van der Waals surface area contributed by atoms with E-state index in [-0.39, 0.29) is 21.3 Å². The molecule has 1 N–H and O–H groups in total. The van der Waals surface area contributed by atoms with Gasteiger partial charge in [-0.1, -0.05) is 35.3 Å². The highest BCUT2D eigenvalue weighted by Crippen LogP contribution is 2.26. The summed E-state index contributed by atoms with van der Waals surface area (Å²) in [5.41, 5.74) is 0.394. The summed E-state index contributed by atoms with van der Waals surface area (Å²) in [7, 11) is 0. The number of amides is 1. The average Bonchev–Trinajstić information content (AvgIpc) is 2.42. The second-order valence-corrected chi connectivity index (χ2v) is 4.65. The van der Waals surface area contributed by atoms with Crippen LogP contribution in [0.5, 0.6) is 0 Å². The first kappa shape index (κ1) is 14.3. The number of hydrogen-bond donors (Lipinski definition) is 1. The molecule has 0 radical (unpaired) electrons. The first-order valence-electron chi connectivity index (χ1n) is 5.49. The molecular weight excluding hydrogens is 303 g/mol. The number of nitro benzene ring substituents is 1. The number of halogens is 2. The smallest absolute Gasteiger partial charge is 0.271 e. The lowest BCUT2D eigenvalue weighted by Crippen LogP contribution is -2.12. The molecule has 2 rings (SSSR count). The van der Waals surface area contributed by atoms with Crippen molar-refractivity contribution in [1.82, 2.24) is 0 Å². The Morgan fingerprint density at radius 1 is 1.15 bits per heavy atom. The molecule has 0 atom stereocenters. The minimum absolute atomic E-state index is 0.111. The average molecular weight is 311 g/mol. The summed E-state index contributed by atoms with van der Waals surface area (Å²) in [6, 6.07) is 10.3. The largest absolute Gasteiger partial charge is 0.322 e. The molecule has 102 valence electrons. The summed E-state index contributed by atoms with van der Waals surface area (Å²) in [4.78, 5) is 22.2. The number of nitrogens with one attached hydrogen (secondary N) is 1. The number of nitro groups is 1. The molecular formula is C13H8Cl2N2O3. The number of rotatable bonds is 3. The topological polar surface area (TPSA) is 72.2 Å². The van der Waals surface area contributed by atoms with Crippen LogP contribution in [-0.4, -0.2) is 10.8 Å². The van der Waals surface area contributed by atoms with E-state index in [1.807, 2.05) is 0 Å². The van der Waals surface area contributed by atoms with Crippen LogP contribution < -0.4 is 5.32 Å². The van der Waals surface area contributed by atoms with Gasteiger partial charge in [-0.3, -0.25) is 14.9 Å². The number of benzene rings is 2. The van der Waals surface area contributed by atoms with Gasteiger partial charge in [-0.25, -0.2) is 0 Å². The predicted molar refractivity (Wildman–Crippen MR) is 77.5 cm³/mol. The first-order chi connectivity index (χ1) is 9.49. The second kappa shape index (κ2) is 5.90. The van der Waals surface area contributed by atoms with Gasteiger partial charge < -0.3 is 5.32 Å². The highest BCUT2D eigenvalue weighted by atomic mass is 35.5. The highest BCUT2D eigenvalue weighted by molar-refractivity contribution is 6.44. The Labute approximate surface area is 124 Å². The van der Waals surface area contributed by atoms with Crippen LogP contribution >= 0.6 is 23.2 Å². The Morgan fingerprint density at radius 3 is 2.55 bits per heavy atom. The molecule has 2 aromatic rings. The lowest BCUT2D eigenvalue weighted by molar-refractivity contribution is -0.384. The molecule has 0 spiro atoms. The number of hydrogen-bond acceptors (Lipinski definition) is 3. The van der Waals surface area contributed by atoms with E-state index in [9.17, 15) is 14.9 Å². The summed E-state index contributed by atoms with van der Waals surface area (Å²) in [5.74, 6) is -0.488. The van der Waals surface area contributed by atoms with E-state index in [1.54, 1.807) is 18.2 Å². The summed E-state index contributed by atoms with van der Waals surface area (Å²) < 4.78 is 0. The predicted octanol–water partition coefficient (Wildman–Crippen LogP) is 4.15. The number of nitrogens with zero attached hydrogens (tertiary/aromatic N) is 1. The molecule has 0 fully saturated rings. The third kappa shape index (κ3) is 3.07. The number of carbonyl (C=O) groups excluding carboxylic acids is 1. The number of carbonyl (C=O) groups is 1. The standard InChI is InChI=1S/C13H8Cl2N2O3/c14-11-6-2-5-10(12(11)15)13(18)16-8-3-1-4-9(7-8)17(19)20/h1-7H,(H,16,18). The van der Waals surface area contributed by atoms with Crippen molar-refractivity contribution < 1.29 is 9.72 Å².